The van der Waals surface area contributed by atoms with Crippen LogP contribution in [-0.2, 0) is 9.05 Å². The third kappa shape index (κ3) is 2.15. The Kier molecular flexibility index (Phi) is 2.68. The van der Waals surface area contributed by atoms with Crippen LogP contribution in [0.2, 0.25) is 0 Å². The number of nitrogens with two attached hydrogens (primary N) is 1. The highest BCUT2D eigenvalue weighted by Crippen LogP contribution is 2.22. The molecule has 1 aromatic carbocycles. The topological polar surface area (TPSA) is 97.5 Å². The molecule has 0 heterocycles. The Morgan fingerprint density at radius 1 is 1.43 bits per heavy atom. The highest BCUT2D eigenvalue weighted by atomic mass is 35.7. The average Bonchev–Trinajstić information content (AvgIpc) is 2.02. The molecule has 0 aliphatic rings. The Morgan fingerprint density at radius 2 is 2.00 bits per heavy atom. The predicted molar refractivity (Wildman–Crippen MR) is 49.7 cm³/mol. The van der Waals surface area contributed by atoms with E-state index in [1.54, 1.807) is 0 Å². The van der Waals surface area contributed by atoms with Gasteiger partial charge >= 0.3 is 0 Å². The van der Waals surface area contributed by atoms with E-state index < -0.39 is 15.0 Å². The van der Waals surface area contributed by atoms with Crippen molar-refractivity contribution < 1.29 is 18.3 Å². The van der Waals surface area contributed by atoms with Gasteiger partial charge < -0.3 is 10.8 Å². The lowest BCUT2D eigenvalue weighted by molar-refractivity contribution is 0.0997. The summed E-state index contributed by atoms with van der Waals surface area (Å²) in [7, 11) is 1.10. The van der Waals surface area contributed by atoms with Crippen LogP contribution in [0.1, 0.15) is 10.4 Å². The van der Waals surface area contributed by atoms with Crippen LogP contribution >= 0.6 is 10.7 Å². The molecule has 3 N–H and O–H groups in total. The molecule has 0 aromatic heterocycles. The molecule has 1 amide bonds. The van der Waals surface area contributed by atoms with Crippen LogP contribution < -0.4 is 5.73 Å². The molecule has 76 valence electrons. The fourth-order valence-electron chi connectivity index (χ4n) is 0.864. The number of halogens is 1. The summed E-state index contributed by atoms with van der Waals surface area (Å²) >= 11 is 0. The molecule has 7 heteroatoms. The average molecular weight is 236 g/mol. The van der Waals surface area contributed by atoms with E-state index in [0.29, 0.717) is 0 Å². The normalized spacial score (nSPS) is 11.2. The smallest absolute Gasteiger partial charge is 0.261 e. The minimum Gasteiger partial charge on any atom is -0.507 e. The van der Waals surface area contributed by atoms with Gasteiger partial charge in [0.25, 0.3) is 15.0 Å². The standard InChI is InChI=1S/C7H6ClNO4S/c8-14(12,13)4-1-2-6(10)5(3-4)7(9)11/h1-3,10H,(H2,9,11). The minimum absolute atomic E-state index is 0.285. The number of phenols is 1. The number of amides is 1. The van der Waals surface area contributed by atoms with E-state index in [4.69, 9.17) is 21.5 Å². The van der Waals surface area contributed by atoms with E-state index in [1.165, 1.54) is 0 Å². The van der Waals surface area contributed by atoms with Crippen molar-refractivity contribution in [3.8, 4) is 5.75 Å². The zero-order valence-electron chi connectivity index (χ0n) is 6.77. The third-order valence-corrected chi connectivity index (χ3v) is 2.87. The molecular weight excluding hydrogens is 230 g/mol. The van der Waals surface area contributed by atoms with Crippen LogP contribution in [0, 0.1) is 0 Å². The van der Waals surface area contributed by atoms with Crippen LogP contribution in [0.25, 0.3) is 0 Å². The molecule has 0 aliphatic heterocycles. The number of benzene rings is 1. The van der Waals surface area contributed by atoms with Crippen LogP contribution in [0.15, 0.2) is 23.1 Å². The maximum atomic E-state index is 10.9. The highest BCUT2D eigenvalue weighted by molar-refractivity contribution is 8.13. The molecule has 0 unspecified atom stereocenters. The fourth-order valence-corrected chi connectivity index (χ4v) is 1.64. The lowest BCUT2D eigenvalue weighted by Gasteiger charge is -2.01. The maximum Gasteiger partial charge on any atom is 0.261 e. The number of hydrogen-bond acceptors (Lipinski definition) is 4. The van der Waals surface area contributed by atoms with Crippen molar-refractivity contribution in [1.29, 1.82) is 0 Å². The van der Waals surface area contributed by atoms with Crippen molar-refractivity contribution >= 4 is 25.6 Å². The number of rotatable bonds is 2. The van der Waals surface area contributed by atoms with Crippen molar-refractivity contribution in [2.45, 2.75) is 4.90 Å². The van der Waals surface area contributed by atoms with Crippen molar-refractivity contribution in [1.82, 2.24) is 0 Å². The first-order chi connectivity index (χ1) is 6.32. The summed E-state index contributed by atoms with van der Waals surface area (Å²) in [6.45, 7) is 0. The SMILES string of the molecule is NC(=O)c1cc(S(=O)(=O)Cl)ccc1O. The van der Waals surface area contributed by atoms with Gasteiger partial charge in [0.1, 0.15) is 5.75 Å². The lowest BCUT2D eigenvalue weighted by atomic mass is 10.2. The van der Waals surface area contributed by atoms with Crippen molar-refractivity contribution in [2.75, 3.05) is 0 Å². The third-order valence-electron chi connectivity index (χ3n) is 1.52. The first-order valence-corrected chi connectivity index (χ1v) is 5.71. The molecule has 0 aliphatic carbocycles. The van der Waals surface area contributed by atoms with E-state index in [0.717, 1.165) is 18.2 Å². The second-order valence-corrected chi connectivity index (χ2v) is 5.05. The van der Waals surface area contributed by atoms with E-state index >= 15 is 0 Å². The zero-order valence-corrected chi connectivity index (χ0v) is 8.34. The van der Waals surface area contributed by atoms with E-state index in [1.807, 2.05) is 0 Å². The first-order valence-electron chi connectivity index (χ1n) is 3.40. The molecule has 0 spiro atoms. The molecule has 14 heavy (non-hydrogen) atoms. The molecule has 1 aromatic rings. The Bertz CT molecular complexity index is 482. The Morgan fingerprint density at radius 3 is 2.43 bits per heavy atom. The van der Waals surface area contributed by atoms with Crippen LogP contribution in [0.3, 0.4) is 0 Å². The minimum atomic E-state index is -3.92. The number of carbonyl (C=O) groups is 1. The van der Waals surface area contributed by atoms with E-state index in [2.05, 4.69) is 0 Å². The Hall–Kier alpha value is -1.27. The summed E-state index contributed by atoms with van der Waals surface area (Å²) in [5.41, 5.74) is 4.60. The van der Waals surface area contributed by atoms with Crippen molar-refractivity contribution in [2.24, 2.45) is 5.73 Å². The number of aromatic hydroxyl groups is 1. The Balaban J connectivity index is 3.42. The first kappa shape index (κ1) is 10.8. The summed E-state index contributed by atoms with van der Waals surface area (Å²) in [5.74, 6) is -1.31. The number of hydrogen-bond donors (Lipinski definition) is 2. The maximum absolute atomic E-state index is 10.9. The van der Waals surface area contributed by atoms with Gasteiger partial charge in [-0.15, -0.1) is 0 Å². The summed E-state index contributed by atoms with van der Waals surface area (Å²) in [6, 6.07) is 3.03. The van der Waals surface area contributed by atoms with Gasteiger partial charge in [-0.3, -0.25) is 4.79 Å². The Labute approximate surface area is 84.5 Å². The summed E-state index contributed by atoms with van der Waals surface area (Å²) < 4.78 is 21.7. The largest absolute Gasteiger partial charge is 0.507 e. The van der Waals surface area contributed by atoms with E-state index in [9.17, 15) is 13.2 Å². The number of primary amides is 1. The number of carbonyl (C=O) groups excluding carboxylic acids is 1. The second kappa shape index (κ2) is 3.47. The predicted octanol–water partition coefficient (Wildman–Crippen LogP) is 0.419. The summed E-state index contributed by atoms with van der Waals surface area (Å²) in [5, 5.41) is 9.13. The molecule has 0 radical (unpaired) electrons. The molecule has 0 saturated heterocycles. The second-order valence-electron chi connectivity index (χ2n) is 2.48. The molecule has 5 nitrogen and oxygen atoms in total. The zero-order chi connectivity index (χ0) is 10.9. The highest BCUT2D eigenvalue weighted by Gasteiger charge is 2.15. The van der Waals surface area contributed by atoms with Crippen LogP contribution in [0.5, 0.6) is 5.75 Å². The summed E-state index contributed by atoms with van der Waals surface area (Å²) in [6.07, 6.45) is 0. The van der Waals surface area contributed by atoms with Crippen molar-refractivity contribution in [3.63, 3.8) is 0 Å². The molecular formula is C7H6ClNO4S. The van der Waals surface area contributed by atoms with Gasteiger partial charge in [-0.05, 0) is 18.2 Å². The van der Waals surface area contributed by atoms with Crippen LogP contribution in [-0.4, -0.2) is 19.4 Å². The fraction of sp³-hybridized carbons (Fsp3) is 0. The van der Waals surface area contributed by atoms with Crippen molar-refractivity contribution in [3.05, 3.63) is 23.8 Å². The molecule has 1 rings (SSSR count). The molecule has 0 fully saturated rings. The van der Waals surface area contributed by atoms with Gasteiger partial charge in [0.2, 0.25) is 0 Å². The van der Waals surface area contributed by atoms with Gasteiger partial charge in [0.05, 0.1) is 10.5 Å². The summed E-state index contributed by atoms with van der Waals surface area (Å²) in [4.78, 5) is 10.4. The van der Waals surface area contributed by atoms with Gasteiger partial charge in [0.15, 0.2) is 0 Å². The molecule has 0 saturated carbocycles. The van der Waals surface area contributed by atoms with Crippen LogP contribution in [0.4, 0.5) is 0 Å². The lowest BCUT2D eigenvalue weighted by Crippen LogP contribution is -2.11. The molecule has 0 atom stereocenters. The van der Waals surface area contributed by atoms with Gasteiger partial charge in [-0.25, -0.2) is 8.42 Å². The van der Waals surface area contributed by atoms with Gasteiger partial charge in [0, 0.05) is 10.7 Å². The van der Waals surface area contributed by atoms with Gasteiger partial charge in [-0.2, -0.15) is 0 Å². The quantitative estimate of drug-likeness (QED) is 0.726. The van der Waals surface area contributed by atoms with Gasteiger partial charge in [-0.1, -0.05) is 0 Å². The van der Waals surface area contributed by atoms with E-state index in [-0.39, 0.29) is 16.2 Å². The molecule has 0 bridgehead atoms. The monoisotopic (exact) mass is 235 g/mol.